The number of hydrogen-bond donors (Lipinski definition) is 1. The van der Waals surface area contributed by atoms with Crippen LogP contribution >= 0.6 is 0 Å². The number of benzene rings is 1. The van der Waals surface area contributed by atoms with Crippen molar-refractivity contribution in [3.8, 4) is 5.82 Å². The fourth-order valence-electron chi connectivity index (χ4n) is 3.61. The average Bonchev–Trinajstić information content (AvgIpc) is 3.20. The molecule has 1 N–H and O–H groups in total. The van der Waals surface area contributed by atoms with Crippen molar-refractivity contribution in [3.63, 3.8) is 0 Å². The van der Waals surface area contributed by atoms with Gasteiger partial charge in [-0.15, -0.1) is 5.10 Å². The number of fused-ring (bicyclic) bond motifs is 1. The van der Waals surface area contributed by atoms with E-state index in [-0.39, 0.29) is 17.7 Å². The van der Waals surface area contributed by atoms with Gasteiger partial charge in [0.25, 0.3) is 0 Å². The first-order chi connectivity index (χ1) is 13.0. The van der Waals surface area contributed by atoms with Crippen LogP contribution in [-0.2, 0) is 0 Å². The van der Waals surface area contributed by atoms with Gasteiger partial charge in [-0.3, -0.25) is 0 Å². The van der Waals surface area contributed by atoms with Crippen molar-refractivity contribution < 1.29 is 4.39 Å². The van der Waals surface area contributed by atoms with Gasteiger partial charge in [-0.1, -0.05) is 0 Å². The molecule has 5 rings (SSSR count). The molecule has 1 unspecified atom stereocenters. The number of imidazole rings is 1. The van der Waals surface area contributed by atoms with Crippen LogP contribution in [0.3, 0.4) is 0 Å². The summed E-state index contributed by atoms with van der Waals surface area (Å²) in [5, 5.41) is 4.42. The molecular weight excluding hydrogens is 345 g/mol. The monoisotopic (exact) mass is 363 g/mol. The number of nitrogens with zero attached hydrogens (tertiary/aromatic N) is 6. The third kappa shape index (κ3) is 2.77. The number of rotatable bonds is 3. The average molecular weight is 363 g/mol. The molecule has 136 valence electrons. The third-order valence-corrected chi connectivity index (χ3v) is 4.92. The van der Waals surface area contributed by atoms with Crippen LogP contribution in [0.5, 0.6) is 0 Å². The zero-order chi connectivity index (χ0) is 18.7. The van der Waals surface area contributed by atoms with Crippen molar-refractivity contribution in [3.05, 3.63) is 59.1 Å². The van der Waals surface area contributed by atoms with Crippen LogP contribution in [-0.4, -0.2) is 34.7 Å². The van der Waals surface area contributed by atoms with Gasteiger partial charge in [0.1, 0.15) is 29.1 Å². The number of H-pyrrole nitrogens is 1. The van der Waals surface area contributed by atoms with Crippen LogP contribution in [0.2, 0.25) is 0 Å². The number of aryl methyl sites for hydroxylation is 3. The van der Waals surface area contributed by atoms with Crippen LogP contribution in [0.4, 0.5) is 4.39 Å². The highest BCUT2D eigenvalue weighted by Gasteiger charge is 2.43. The van der Waals surface area contributed by atoms with E-state index in [1.807, 2.05) is 26.8 Å². The maximum Gasteiger partial charge on any atom is 0.159 e. The molecule has 8 heteroatoms. The molecule has 0 spiro atoms. The molecule has 1 aromatic carbocycles. The predicted octanol–water partition coefficient (Wildman–Crippen LogP) is 3.27. The van der Waals surface area contributed by atoms with Gasteiger partial charge >= 0.3 is 0 Å². The van der Waals surface area contributed by atoms with Crippen molar-refractivity contribution in [2.75, 3.05) is 0 Å². The van der Waals surface area contributed by atoms with Crippen molar-refractivity contribution in [1.29, 1.82) is 0 Å². The van der Waals surface area contributed by atoms with Gasteiger partial charge in [-0.25, -0.2) is 24.3 Å². The molecule has 3 heterocycles. The van der Waals surface area contributed by atoms with E-state index < -0.39 is 0 Å². The molecule has 1 saturated carbocycles. The van der Waals surface area contributed by atoms with E-state index in [1.165, 1.54) is 12.1 Å². The van der Waals surface area contributed by atoms with Crippen molar-refractivity contribution in [1.82, 2.24) is 34.7 Å². The Balaban J connectivity index is 1.48. The second kappa shape index (κ2) is 5.67. The van der Waals surface area contributed by atoms with Gasteiger partial charge in [0, 0.05) is 17.9 Å². The van der Waals surface area contributed by atoms with E-state index in [4.69, 9.17) is 0 Å². The predicted molar refractivity (Wildman–Crippen MR) is 97.3 cm³/mol. The number of aromatic amines is 1. The maximum atomic E-state index is 13.4. The molecule has 27 heavy (non-hydrogen) atoms. The second-order valence-corrected chi connectivity index (χ2v) is 7.05. The summed E-state index contributed by atoms with van der Waals surface area (Å²) < 4.78 is 15.2. The Hall–Kier alpha value is -3.16. The van der Waals surface area contributed by atoms with Gasteiger partial charge in [-0.05, 0) is 45.4 Å². The number of nitrogens with one attached hydrogen (secondary N) is 1. The Labute approximate surface area is 154 Å². The van der Waals surface area contributed by atoms with Crippen LogP contribution in [0.15, 0.2) is 24.3 Å². The molecule has 1 aliphatic carbocycles. The molecule has 1 aliphatic rings. The summed E-state index contributed by atoms with van der Waals surface area (Å²) in [7, 11) is 0. The molecule has 1 fully saturated rings. The van der Waals surface area contributed by atoms with Crippen LogP contribution in [0.25, 0.3) is 16.9 Å². The highest BCUT2D eigenvalue weighted by atomic mass is 19.1. The van der Waals surface area contributed by atoms with E-state index in [1.54, 1.807) is 10.7 Å². The van der Waals surface area contributed by atoms with Gasteiger partial charge in [-0.2, -0.15) is 4.68 Å². The van der Waals surface area contributed by atoms with Gasteiger partial charge in [0.05, 0.1) is 16.7 Å². The van der Waals surface area contributed by atoms with E-state index in [0.29, 0.717) is 11.6 Å². The molecule has 7 nitrogen and oxygen atoms in total. The fraction of sp³-hybridized carbons (Fsp3) is 0.316. The molecular formula is C19H18FN7. The lowest BCUT2D eigenvalue weighted by Gasteiger charge is -2.06. The van der Waals surface area contributed by atoms with Crippen molar-refractivity contribution in [2.45, 2.75) is 39.0 Å². The summed E-state index contributed by atoms with van der Waals surface area (Å²) in [6, 6.07) is 6.58. The van der Waals surface area contributed by atoms with E-state index in [0.717, 1.165) is 40.6 Å². The summed E-state index contributed by atoms with van der Waals surface area (Å²) in [6.07, 6.45) is 0.952. The van der Waals surface area contributed by atoms with Crippen molar-refractivity contribution >= 4 is 11.0 Å². The molecule has 0 saturated heterocycles. The largest absolute Gasteiger partial charge is 0.342 e. The van der Waals surface area contributed by atoms with Crippen LogP contribution in [0, 0.1) is 26.6 Å². The minimum atomic E-state index is -0.264. The highest BCUT2D eigenvalue weighted by molar-refractivity contribution is 5.75. The zero-order valence-corrected chi connectivity index (χ0v) is 15.2. The lowest BCUT2D eigenvalue weighted by atomic mass is 10.2. The molecule has 4 aromatic rings. The Morgan fingerprint density at radius 1 is 1.00 bits per heavy atom. The minimum absolute atomic E-state index is 0.251. The number of hydrogen-bond acceptors (Lipinski definition) is 5. The van der Waals surface area contributed by atoms with E-state index in [2.05, 4.69) is 30.0 Å². The maximum absolute atomic E-state index is 13.4. The summed E-state index contributed by atoms with van der Waals surface area (Å²) in [6.45, 7) is 5.65. The Morgan fingerprint density at radius 2 is 1.85 bits per heavy atom. The summed E-state index contributed by atoms with van der Waals surface area (Å²) in [4.78, 5) is 21.4. The van der Waals surface area contributed by atoms with Crippen LogP contribution < -0.4 is 0 Å². The Morgan fingerprint density at radius 3 is 2.63 bits per heavy atom. The molecule has 0 radical (unpaired) electrons. The van der Waals surface area contributed by atoms with Gasteiger partial charge < -0.3 is 4.98 Å². The lowest BCUT2D eigenvalue weighted by molar-refractivity contribution is 0.629. The van der Waals surface area contributed by atoms with Gasteiger partial charge in [0.15, 0.2) is 5.82 Å². The normalized spacial score (nSPS) is 19.0. The summed E-state index contributed by atoms with van der Waals surface area (Å²) in [5.74, 6) is 4.07. The first kappa shape index (κ1) is 16.0. The molecule has 3 aromatic heterocycles. The number of aromatic nitrogens is 7. The SMILES string of the molecule is Cc1nc(C2C[C@H]2c2nc3ccc(F)cc3[nH]2)cc(-n2nc(C)nc2C)n1. The zero-order valence-electron chi connectivity index (χ0n) is 15.2. The lowest BCUT2D eigenvalue weighted by Crippen LogP contribution is -2.06. The quantitative estimate of drug-likeness (QED) is 0.604. The third-order valence-electron chi connectivity index (χ3n) is 4.92. The van der Waals surface area contributed by atoms with Crippen LogP contribution in [0.1, 0.15) is 47.2 Å². The van der Waals surface area contributed by atoms with E-state index in [9.17, 15) is 4.39 Å². The molecule has 0 bridgehead atoms. The standard InChI is InChI=1S/C19H18FN7/c1-9-22-16(8-18(23-9)27-11(3)21-10(2)26-27)13-7-14(13)19-24-15-5-4-12(20)6-17(15)25-19/h4-6,8,13-14H,7H2,1-3H3,(H,24,25)/t13?,14-/m1/s1. The smallest absolute Gasteiger partial charge is 0.159 e. The second-order valence-electron chi connectivity index (χ2n) is 7.05. The molecule has 0 amide bonds. The summed E-state index contributed by atoms with van der Waals surface area (Å²) >= 11 is 0. The van der Waals surface area contributed by atoms with Crippen molar-refractivity contribution in [2.24, 2.45) is 0 Å². The van der Waals surface area contributed by atoms with E-state index >= 15 is 0 Å². The Kier molecular flexibility index (Phi) is 3.37. The molecule has 2 atom stereocenters. The molecule has 0 aliphatic heterocycles. The number of halogens is 1. The highest BCUT2D eigenvalue weighted by Crippen LogP contribution is 2.53. The van der Waals surface area contributed by atoms with Gasteiger partial charge in [0.2, 0.25) is 0 Å². The first-order valence-electron chi connectivity index (χ1n) is 8.89. The summed E-state index contributed by atoms with van der Waals surface area (Å²) in [5.41, 5.74) is 2.48. The topological polar surface area (TPSA) is 85.2 Å². The Bertz CT molecular complexity index is 1180. The minimum Gasteiger partial charge on any atom is -0.342 e. The first-order valence-corrected chi connectivity index (χ1v) is 8.89. The fourth-order valence-corrected chi connectivity index (χ4v) is 3.61.